The average molecular weight is 669 g/mol. The van der Waals surface area contributed by atoms with Crippen LogP contribution in [0.25, 0.3) is 0 Å². The molecule has 2 aromatic rings. The van der Waals surface area contributed by atoms with Crippen molar-refractivity contribution in [3.05, 3.63) is 44.5 Å². The maximum absolute atomic E-state index is 13.9. The molecule has 0 bridgehead atoms. The van der Waals surface area contributed by atoms with E-state index in [9.17, 15) is 17.6 Å². The first kappa shape index (κ1) is 34.6. The molecule has 37 heavy (non-hydrogen) atoms. The zero-order chi connectivity index (χ0) is 29.1. The summed E-state index contributed by atoms with van der Waals surface area (Å²) in [7, 11) is 2.42. The van der Waals surface area contributed by atoms with Gasteiger partial charge in [-0.3, -0.25) is 0 Å². The van der Waals surface area contributed by atoms with Crippen LogP contribution in [0.2, 0.25) is 39.3 Å². The molecule has 0 aromatic heterocycles. The fraction of sp³-hybridized carbons (Fsp3) is 0.385. The second-order valence-corrected chi connectivity index (χ2v) is 20.0. The van der Waals surface area contributed by atoms with E-state index in [1.807, 2.05) is 19.6 Å². The van der Waals surface area contributed by atoms with Crippen LogP contribution in [0.3, 0.4) is 0 Å². The topological polar surface area (TPSA) is 36.9 Å². The fourth-order valence-electron chi connectivity index (χ4n) is 2.10. The van der Waals surface area contributed by atoms with Gasteiger partial charge in [0.15, 0.2) is 46.3 Å². The third-order valence-electron chi connectivity index (χ3n) is 4.09. The zero-order valence-electron chi connectivity index (χ0n) is 22.8. The summed E-state index contributed by atoms with van der Waals surface area (Å²) in [5.74, 6) is -0.624. The molecule has 0 heterocycles. The lowest BCUT2D eigenvalue weighted by molar-refractivity contribution is 0.355. The Morgan fingerprint density at radius 1 is 0.649 bits per heavy atom. The van der Waals surface area contributed by atoms with Gasteiger partial charge in [-0.15, -0.1) is 17.5 Å². The van der Waals surface area contributed by atoms with E-state index in [2.05, 4.69) is 36.6 Å². The molecular weight excluding hydrogens is 635 g/mol. The van der Waals surface area contributed by atoms with Crippen LogP contribution >= 0.6 is 22.6 Å². The maximum Gasteiger partial charge on any atom is 0.183 e. The molecule has 0 saturated carbocycles. The maximum atomic E-state index is 13.9. The Bertz CT molecular complexity index is 1120. The summed E-state index contributed by atoms with van der Waals surface area (Å²) in [6, 6.07) is 2.34. The molecule has 0 amide bonds. The SMILES string of the molecule is C#C[Si](C)(C)C.COc1cc(OC)c(F)c(C#C[Si](C)(C)C)c1F.COc1cc(OC)c(F)c(I)c1F. The number of hydrogen-bond donors (Lipinski definition) is 0. The van der Waals surface area contributed by atoms with E-state index < -0.39 is 39.4 Å². The number of ether oxygens (including phenoxy) is 4. The number of halogens is 5. The number of benzene rings is 2. The van der Waals surface area contributed by atoms with Gasteiger partial charge in [0.2, 0.25) is 0 Å². The normalized spacial score (nSPS) is 10.3. The van der Waals surface area contributed by atoms with Crippen molar-refractivity contribution in [2.75, 3.05) is 28.4 Å². The minimum absolute atomic E-state index is 0.0253. The van der Waals surface area contributed by atoms with Gasteiger partial charge in [0.1, 0.15) is 21.7 Å². The van der Waals surface area contributed by atoms with Gasteiger partial charge in [-0.25, -0.2) is 17.6 Å². The van der Waals surface area contributed by atoms with E-state index in [-0.39, 0.29) is 32.1 Å². The smallest absolute Gasteiger partial charge is 0.183 e. The van der Waals surface area contributed by atoms with Crippen molar-refractivity contribution >= 4 is 38.7 Å². The van der Waals surface area contributed by atoms with Crippen molar-refractivity contribution < 1.29 is 36.5 Å². The molecule has 0 aliphatic carbocycles. The number of terminal acetylenes is 1. The van der Waals surface area contributed by atoms with Crippen LogP contribution < -0.4 is 18.9 Å². The van der Waals surface area contributed by atoms with E-state index in [0.717, 1.165) is 0 Å². The highest BCUT2D eigenvalue weighted by Crippen LogP contribution is 2.32. The minimum Gasteiger partial charge on any atom is -0.493 e. The first-order valence-electron chi connectivity index (χ1n) is 10.8. The lowest BCUT2D eigenvalue weighted by atomic mass is 10.2. The van der Waals surface area contributed by atoms with E-state index in [1.54, 1.807) is 22.6 Å². The summed E-state index contributed by atoms with van der Waals surface area (Å²) >= 11 is 1.56. The Labute approximate surface area is 233 Å². The Balaban J connectivity index is 0.000000594. The van der Waals surface area contributed by atoms with Crippen LogP contribution in [0.5, 0.6) is 23.0 Å². The highest BCUT2D eigenvalue weighted by atomic mass is 127. The molecule has 4 nitrogen and oxygen atoms in total. The molecule has 0 N–H and O–H groups in total. The van der Waals surface area contributed by atoms with Gasteiger partial charge < -0.3 is 18.9 Å². The lowest BCUT2D eigenvalue weighted by Gasteiger charge is -2.10. The molecule has 0 aliphatic heterocycles. The highest BCUT2D eigenvalue weighted by Gasteiger charge is 2.19. The lowest BCUT2D eigenvalue weighted by Crippen LogP contribution is -2.16. The molecule has 0 radical (unpaired) electrons. The van der Waals surface area contributed by atoms with Gasteiger partial charge in [0.25, 0.3) is 0 Å². The molecule has 2 rings (SSSR count). The zero-order valence-corrected chi connectivity index (χ0v) is 26.9. The van der Waals surface area contributed by atoms with Crippen molar-refractivity contribution in [2.45, 2.75) is 39.3 Å². The summed E-state index contributed by atoms with van der Waals surface area (Å²) in [4.78, 5) is 0. The molecule has 0 atom stereocenters. The minimum atomic E-state index is -1.72. The van der Waals surface area contributed by atoms with Crippen LogP contribution in [-0.4, -0.2) is 44.6 Å². The second kappa shape index (κ2) is 15.2. The molecule has 0 fully saturated rings. The van der Waals surface area contributed by atoms with Crippen LogP contribution in [0.15, 0.2) is 12.1 Å². The standard InChI is InChI=1S/C13H16F2O2Si.C8H7F2IO2.C5H10Si/c1-16-10-8-11(17-2)13(15)9(12(10)14)6-7-18(3,4)5;1-12-4-3-5(13-2)7(10)8(11)6(4)9;1-5-6(2,3)4/h8H,1-5H3;3H,1-2H3;1H,2-4H3. The monoisotopic (exact) mass is 668 g/mol. The predicted molar refractivity (Wildman–Crippen MR) is 154 cm³/mol. The molecule has 0 aliphatic rings. The van der Waals surface area contributed by atoms with Crippen molar-refractivity contribution in [3.63, 3.8) is 0 Å². The molecule has 0 unspecified atom stereocenters. The summed E-state index contributed by atoms with van der Waals surface area (Å²) in [6.07, 6.45) is 5.12. The van der Waals surface area contributed by atoms with Crippen LogP contribution in [-0.2, 0) is 0 Å². The number of rotatable bonds is 4. The summed E-state index contributed by atoms with van der Waals surface area (Å²) in [5.41, 5.74) is 5.37. The second-order valence-electron chi connectivity index (χ2n) is 9.40. The van der Waals surface area contributed by atoms with Gasteiger partial charge in [0.05, 0.1) is 32.0 Å². The van der Waals surface area contributed by atoms with E-state index >= 15 is 0 Å². The van der Waals surface area contributed by atoms with E-state index in [4.69, 9.17) is 25.4 Å². The van der Waals surface area contributed by atoms with Crippen molar-refractivity contribution in [1.82, 2.24) is 0 Å². The molecular formula is C26H33F4IO4Si2. The van der Waals surface area contributed by atoms with Gasteiger partial charge in [0, 0.05) is 12.1 Å². The van der Waals surface area contributed by atoms with Crippen LogP contribution in [0.1, 0.15) is 5.56 Å². The van der Waals surface area contributed by atoms with Crippen molar-refractivity contribution in [1.29, 1.82) is 0 Å². The summed E-state index contributed by atoms with van der Waals surface area (Å²) < 4.78 is 73.1. The average Bonchev–Trinajstić information content (AvgIpc) is 2.82. The predicted octanol–water partition coefficient (Wildman–Crippen LogP) is 7.29. The Morgan fingerprint density at radius 2 is 0.946 bits per heavy atom. The Kier molecular flexibility index (Phi) is 14.2. The molecule has 0 spiro atoms. The third-order valence-corrected chi connectivity index (χ3v) is 6.78. The Morgan fingerprint density at radius 3 is 1.19 bits per heavy atom. The summed E-state index contributed by atoms with van der Waals surface area (Å²) in [6.45, 7) is 12.4. The van der Waals surface area contributed by atoms with Gasteiger partial charge in [-0.1, -0.05) is 45.2 Å². The van der Waals surface area contributed by atoms with Gasteiger partial charge in [-0.2, -0.15) is 0 Å². The fourth-order valence-corrected chi connectivity index (χ4v) is 3.13. The molecule has 204 valence electrons. The first-order chi connectivity index (χ1) is 17.0. The Hall–Kier alpha value is -2.36. The third kappa shape index (κ3) is 11.3. The first-order valence-corrected chi connectivity index (χ1v) is 18.9. The van der Waals surface area contributed by atoms with Crippen LogP contribution in [0.4, 0.5) is 17.6 Å². The van der Waals surface area contributed by atoms with Gasteiger partial charge in [-0.05, 0) is 22.6 Å². The molecule has 11 heteroatoms. The van der Waals surface area contributed by atoms with Crippen molar-refractivity contribution in [2.24, 2.45) is 0 Å². The number of methoxy groups -OCH3 is 4. The number of hydrogen-bond acceptors (Lipinski definition) is 4. The van der Waals surface area contributed by atoms with Crippen LogP contribution in [0, 0.1) is 50.3 Å². The van der Waals surface area contributed by atoms with E-state index in [1.165, 1.54) is 40.6 Å². The van der Waals surface area contributed by atoms with Crippen molar-refractivity contribution in [3.8, 4) is 46.4 Å². The van der Waals surface area contributed by atoms with E-state index in [0.29, 0.717) is 0 Å². The molecule has 0 saturated heterocycles. The largest absolute Gasteiger partial charge is 0.493 e. The summed E-state index contributed by atoms with van der Waals surface area (Å²) in [5, 5.41) is 0. The highest BCUT2D eigenvalue weighted by molar-refractivity contribution is 14.1. The van der Waals surface area contributed by atoms with Gasteiger partial charge >= 0.3 is 0 Å². The molecule has 2 aromatic carbocycles. The quantitative estimate of drug-likeness (QED) is 0.113.